The van der Waals surface area contributed by atoms with Gasteiger partial charge in [0, 0.05) is 19.0 Å². The molecule has 0 saturated carbocycles. The lowest BCUT2D eigenvalue weighted by Gasteiger charge is -2.13. The molecule has 0 spiro atoms. The summed E-state index contributed by atoms with van der Waals surface area (Å²) in [5, 5.41) is 4.67. The largest absolute Gasteiger partial charge is 0.384 e. The van der Waals surface area contributed by atoms with Crippen molar-refractivity contribution in [2.45, 2.75) is 33.1 Å². The first kappa shape index (κ1) is 14.8. The summed E-state index contributed by atoms with van der Waals surface area (Å²) < 4.78 is 5.19. The number of methoxy groups -OCH3 is 1. The summed E-state index contributed by atoms with van der Waals surface area (Å²) >= 11 is 0. The molecule has 1 aromatic heterocycles. The Kier molecular flexibility index (Phi) is 5.36. The van der Waals surface area contributed by atoms with Gasteiger partial charge in [0.15, 0.2) is 0 Å². The number of para-hydroxylation sites is 1. The first-order chi connectivity index (χ1) is 9.80. The maximum absolute atomic E-state index is 5.19. The fourth-order valence-corrected chi connectivity index (χ4v) is 2.38. The van der Waals surface area contributed by atoms with E-state index in [1.165, 1.54) is 16.5 Å². The minimum atomic E-state index is 0.730. The van der Waals surface area contributed by atoms with Crippen LogP contribution in [0, 0.1) is 0 Å². The summed E-state index contributed by atoms with van der Waals surface area (Å²) in [5.41, 5.74) is 3.64. The number of anilines is 1. The van der Waals surface area contributed by atoms with Gasteiger partial charge in [-0.15, -0.1) is 0 Å². The maximum atomic E-state index is 5.19. The van der Waals surface area contributed by atoms with Crippen molar-refractivity contribution in [3.8, 4) is 0 Å². The van der Waals surface area contributed by atoms with Crippen molar-refractivity contribution in [1.82, 2.24) is 4.98 Å². The molecule has 0 fully saturated rings. The number of aryl methyl sites for hydroxylation is 1. The summed E-state index contributed by atoms with van der Waals surface area (Å²) in [6.07, 6.45) is 3.00. The first-order valence-corrected chi connectivity index (χ1v) is 7.44. The lowest BCUT2D eigenvalue weighted by atomic mass is 10.0. The lowest BCUT2D eigenvalue weighted by Crippen LogP contribution is -2.06. The van der Waals surface area contributed by atoms with Crippen molar-refractivity contribution in [2.75, 3.05) is 25.6 Å². The summed E-state index contributed by atoms with van der Waals surface area (Å²) in [6.45, 7) is 6.04. The van der Waals surface area contributed by atoms with Gasteiger partial charge in [-0.3, -0.25) is 0 Å². The van der Waals surface area contributed by atoms with Gasteiger partial charge in [-0.05, 0) is 36.5 Å². The fraction of sp³-hybridized carbons (Fsp3) is 0.471. The molecule has 0 bridgehead atoms. The van der Waals surface area contributed by atoms with E-state index in [0.29, 0.717) is 0 Å². The van der Waals surface area contributed by atoms with Gasteiger partial charge < -0.3 is 10.1 Å². The summed E-state index contributed by atoms with van der Waals surface area (Å²) in [7, 11) is 1.74. The number of rotatable bonds is 7. The van der Waals surface area contributed by atoms with Gasteiger partial charge in [-0.25, -0.2) is 4.98 Å². The third-order valence-electron chi connectivity index (χ3n) is 3.51. The zero-order valence-electron chi connectivity index (χ0n) is 12.7. The molecule has 2 aromatic rings. The smallest absolute Gasteiger partial charge is 0.129 e. The Morgan fingerprint density at radius 3 is 2.75 bits per heavy atom. The molecule has 1 heterocycles. The predicted octanol–water partition coefficient (Wildman–Crippen LogP) is 3.81. The van der Waals surface area contributed by atoms with Gasteiger partial charge in [0.25, 0.3) is 0 Å². The van der Waals surface area contributed by atoms with Crippen molar-refractivity contribution in [1.29, 1.82) is 0 Å². The Bertz CT molecular complexity index is 566. The molecule has 0 radical (unpaired) electrons. The van der Waals surface area contributed by atoms with E-state index in [9.17, 15) is 0 Å². The Morgan fingerprint density at radius 1 is 1.20 bits per heavy atom. The number of fused-ring (bicyclic) bond motifs is 1. The Morgan fingerprint density at radius 2 is 2.05 bits per heavy atom. The topological polar surface area (TPSA) is 34.2 Å². The number of benzene rings is 1. The molecule has 0 aliphatic carbocycles. The molecule has 0 aliphatic heterocycles. The molecule has 3 nitrogen and oxygen atoms in total. The number of aromatic nitrogens is 1. The van der Waals surface area contributed by atoms with Crippen LogP contribution in [0.3, 0.4) is 0 Å². The van der Waals surface area contributed by atoms with E-state index in [0.717, 1.165) is 43.7 Å². The average molecular weight is 272 g/mol. The van der Waals surface area contributed by atoms with Crippen LogP contribution in [0.1, 0.15) is 31.4 Å². The minimum Gasteiger partial charge on any atom is -0.384 e. The van der Waals surface area contributed by atoms with Crippen LogP contribution in [-0.4, -0.2) is 25.2 Å². The van der Waals surface area contributed by atoms with Crippen molar-refractivity contribution in [3.05, 3.63) is 35.4 Å². The van der Waals surface area contributed by atoms with Crippen LogP contribution < -0.4 is 5.32 Å². The molecule has 108 valence electrons. The van der Waals surface area contributed by atoms with Crippen LogP contribution >= 0.6 is 0 Å². The van der Waals surface area contributed by atoms with E-state index in [2.05, 4.69) is 43.4 Å². The number of hydrogen-bond donors (Lipinski definition) is 1. The van der Waals surface area contributed by atoms with E-state index in [1.807, 2.05) is 0 Å². The van der Waals surface area contributed by atoms with Crippen molar-refractivity contribution in [2.24, 2.45) is 0 Å². The molecule has 1 aromatic carbocycles. The Hall–Kier alpha value is -1.61. The summed E-state index contributed by atoms with van der Waals surface area (Å²) in [6, 6.07) is 8.65. The molecule has 2 rings (SSSR count). The number of ether oxygens (including phenoxy) is 1. The second-order valence-electron chi connectivity index (χ2n) is 5.01. The second-order valence-corrected chi connectivity index (χ2v) is 5.01. The normalized spacial score (nSPS) is 10.9. The highest BCUT2D eigenvalue weighted by Gasteiger charge is 2.08. The van der Waals surface area contributed by atoms with E-state index in [-0.39, 0.29) is 0 Å². The van der Waals surface area contributed by atoms with E-state index < -0.39 is 0 Å². The number of nitrogens with one attached hydrogen (secondary N) is 1. The van der Waals surface area contributed by atoms with Crippen LogP contribution in [0.5, 0.6) is 0 Å². The van der Waals surface area contributed by atoms with Gasteiger partial charge in [0.1, 0.15) is 5.82 Å². The van der Waals surface area contributed by atoms with Gasteiger partial charge in [0.05, 0.1) is 12.1 Å². The summed E-state index contributed by atoms with van der Waals surface area (Å²) in [5.74, 6) is 1.03. The van der Waals surface area contributed by atoms with E-state index in [4.69, 9.17) is 9.72 Å². The highest BCUT2D eigenvalue weighted by atomic mass is 16.5. The minimum absolute atomic E-state index is 0.730. The standard InChI is InChI=1S/C17H24N2O/c1-4-10-18-17-13(5-2)12-15-8-6-7-14(9-11-20-3)16(15)19-17/h6-8,12H,4-5,9-11H2,1-3H3,(H,18,19). The SMILES string of the molecule is CCCNc1nc2c(CCOC)cccc2cc1CC. The van der Waals surface area contributed by atoms with Crippen molar-refractivity contribution >= 4 is 16.7 Å². The maximum Gasteiger partial charge on any atom is 0.129 e. The van der Waals surface area contributed by atoms with Crippen LogP contribution in [0.25, 0.3) is 10.9 Å². The van der Waals surface area contributed by atoms with E-state index >= 15 is 0 Å². The zero-order chi connectivity index (χ0) is 14.4. The lowest BCUT2D eigenvalue weighted by molar-refractivity contribution is 0.202. The predicted molar refractivity (Wildman–Crippen MR) is 85.5 cm³/mol. The quantitative estimate of drug-likeness (QED) is 0.832. The van der Waals surface area contributed by atoms with Gasteiger partial charge in [0.2, 0.25) is 0 Å². The van der Waals surface area contributed by atoms with Gasteiger partial charge in [-0.2, -0.15) is 0 Å². The average Bonchev–Trinajstić information content (AvgIpc) is 2.49. The Labute approximate surface area is 121 Å². The monoisotopic (exact) mass is 272 g/mol. The number of hydrogen-bond acceptors (Lipinski definition) is 3. The Balaban J connectivity index is 2.45. The third kappa shape index (κ3) is 3.28. The van der Waals surface area contributed by atoms with Crippen molar-refractivity contribution in [3.63, 3.8) is 0 Å². The molecule has 0 unspecified atom stereocenters. The molecular formula is C17H24N2O. The van der Waals surface area contributed by atoms with Gasteiger partial charge >= 0.3 is 0 Å². The van der Waals surface area contributed by atoms with Crippen molar-refractivity contribution < 1.29 is 4.74 Å². The molecule has 0 saturated heterocycles. The van der Waals surface area contributed by atoms with E-state index in [1.54, 1.807) is 7.11 Å². The number of nitrogens with zero attached hydrogens (tertiary/aromatic N) is 1. The molecule has 3 heteroatoms. The highest BCUT2D eigenvalue weighted by molar-refractivity contribution is 5.84. The van der Waals surface area contributed by atoms with Crippen LogP contribution in [-0.2, 0) is 17.6 Å². The third-order valence-corrected chi connectivity index (χ3v) is 3.51. The molecular weight excluding hydrogens is 248 g/mol. The molecule has 0 aliphatic rings. The molecule has 0 atom stereocenters. The molecule has 1 N–H and O–H groups in total. The van der Waals surface area contributed by atoms with Crippen LogP contribution in [0.4, 0.5) is 5.82 Å². The highest BCUT2D eigenvalue weighted by Crippen LogP contribution is 2.24. The van der Waals surface area contributed by atoms with Crippen LogP contribution in [0.2, 0.25) is 0 Å². The van der Waals surface area contributed by atoms with Gasteiger partial charge in [-0.1, -0.05) is 32.0 Å². The summed E-state index contributed by atoms with van der Waals surface area (Å²) in [4.78, 5) is 4.87. The molecule has 0 amide bonds. The zero-order valence-corrected chi connectivity index (χ0v) is 12.7. The molecule has 20 heavy (non-hydrogen) atoms. The van der Waals surface area contributed by atoms with Crippen LogP contribution in [0.15, 0.2) is 24.3 Å². The number of pyridine rings is 1. The second kappa shape index (κ2) is 7.25. The fourth-order valence-electron chi connectivity index (χ4n) is 2.38. The first-order valence-electron chi connectivity index (χ1n) is 7.44.